The molecule has 0 spiro atoms. The monoisotopic (exact) mass is 465 g/mol. The van der Waals surface area contributed by atoms with E-state index in [2.05, 4.69) is 16.4 Å². The molecule has 32 heavy (non-hydrogen) atoms. The van der Waals surface area contributed by atoms with Crippen molar-refractivity contribution in [1.29, 1.82) is 5.26 Å². The van der Waals surface area contributed by atoms with Gasteiger partial charge in [0.1, 0.15) is 27.4 Å². The third kappa shape index (κ3) is 4.54. The van der Waals surface area contributed by atoms with E-state index < -0.39 is 0 Å². The molecule has 0 unspecified atom stereocenters. The zero-order chi connectivity index (χ0) is 22.5. The standard InChI is InChI=1S/C24H23N3O3S2/c1-3-30-24(28)21-18-6-4-5-7-20(18)32-23(21)26-13-16(12-25)22-27-19(14-31-22)15-8-10-17(29-2)11-9-15/h8-11,13-14,26H,3-7H2,1-2H3/b16-13-. The van der Waals surface area contributed by atoms with Crippen LogP contribution in [0.1, 0.15) is 45.6 Å². The van der Waals surface area contributed by atoms with Gasteiger partial charge in [-0.05, 0) is 62.4 Å². The first-order valence-corrected chi connectivity index (χ1v) is 12.1. The quantitative estimate of drug-likeness (QED) is 0.345. The number of anilines is 1. The summed E-state index contributed by atoms with van der Waals surface area (Å²) in [5, 5.41) is 16.2. The van der Waals surface area contributed by atoms with Crippen molar-refractivity contribution in [3.05, 3.63) is 56.9 Å². The predicted octanol–water partition coefficient (Wildman–Crippen LogP) is 5.91. The van der Waals surface area contributed by atoms with Gasteiger partial charge in [-0.15, -0.1) is 22.7 Å². The van der Waals surface area contributed by atoms with Crippen molar-refractivity contribution in [2.45, 2.75) is 32.6 Å². The average molecular weight is 466 g/mol. The molecule has 1 aliphatic carbocycles. The van der Waals surface area contributed by atoms with Gasteiger partial charge >= 0.3 is 5.97 Å². The number of methoxy groups -OCH3 is 1. The van der Waals surface area contributed by atoms with E-state index in [4.69, 9.17) is 9.47 Å². The van der Waals surface area contributed by atoms with Crippen molar-refractivity contribution in [1.82, 2.24) is 4.98 Å². The van der Waals surface area contributed by atoms with Crippen molar-refractivity contribution < 1.29 is 14.3 Å². The third-order valence-corrected chi connectivity index (χ3v) is 7.34. The van der Waals surface area contributed by atoms with E-state index in [1.807, 2.05) is 29.6 Å². The van der Waals surface area contributed by atoms with Crippen molar-refractivity contribution >= 4 is 39.2 Å². The Morgan fingerprint density at radius 3 is 2.78 bits per heavy atom. The van der Waals surface area contributed by atoms with Crippen LogP contribution in [-0.4, -0.2) is 24.7 Å². The second-order valence-electron chi connectivity index (χ2n) is 7.22. The first-order valence-electron chi connectivity index (χ1n) is 10.4. The molecule has 4 rings (SSSR count). The van der Waals surface area contributed by atoms with Gasteiger partial charge in [0, 0.05) is 22.0 Å². The van der Waals surface area contributed by atoms with Gasteiger partial charge < -0.3 is 14.8 Å². The highest BCUT2D eigenvalue weighted by Crippen LogP contribution is 2.39. The summed E-state index contributed by atoms with van der Waals surface area (Å²) in [6.07, 6.45) is 5.69. The SMILES string of the molecule is CCOC(=O)c1c(N/C=C(/C#N)c2nc(-c3ccc(OC)cc3)cs2)sc2c1CCCC2. The smallest absolute Gasteiger partial charge is 0.341 e. The van der Waals surface area contributed by atoms with E-state index in [-0.39, 0.29) is 5.97 Å². The molecule has 0 saturated heterocycles. The van der Waals surface area contributed by atoms with E-state index in [0.29, 0.717) is 22.8 Å². The second-order valence-corrected chi connectivity index (χ2v) is 9.18. The number of allylic oxidation sites excluding steroid dienone is 1. The number of ether oxygens (including phenoxy) is 2. The summed E-state index contributed by atoms with van der Waals surface area (Å²) in [5.74, 6) is 0.472. The van der Waals surface area contributed by atoms with Crippen LogP contribution in [0.3, 0.4) is 0 Å². The number of aryl methyl sites for hydroxylation is 1. The molecule has 3 aromatic rings. The first kappa shape index (κ1) is 22.1. The lowest BCUT2D eigenvalue weighted by atomic mass is 9.95. The largest absolute Gasteiger partial charge is 0.497 e. The molecular formula is C24H23N3O3S2. The summed E-state index contributed by atoms with van der Waals surface area (Å²) in [6.45, 7) is 2.13. The zero-order valence-electron chi connectivity index (χ0n) is 17.9. The number of hydrogen-bond acceptors (Lipinski definition) is 8. The number of fused-ring (bicyclic) bond motifs is 1. The van der Waals surface area contributed by atoms with Crippen LogP contribution in [0, 0.1) is 11.3 Å². The number of carbonyl (C=O) groups excluding carboxylic acids is 1. The van der Waals surface area contributed by atoms with Crippen LogP contribution in [0.5, 0.6) is 5.75 Å². The topological polar surface area (TPSA) is 84.2 Å². The summed E-state index contributed by atoms with van der Waals surface area (Å²) < 4.78 is 10.5. The number of esters is 1. The van der Waals surface area contributed by atoms with Crippen LogP contribution in [0.2, 0.25) is 0 Å². The lowest BCUT2D eigenvalue weighted by molar-refractivity contribution is 0.0526. The molecular weight excluding hydrogens is 442 g/mol. The Bertz CT molecular complexity index is 1190. The maximum Gasteiger partial charge on any atom is 0.341 e. The molecule has 0 radical (unpaired) electrons. The average Bonchev–Trinajstić information content (AvgIpc) is 3.45. The number of thiophene rings is 1. The second kappa shape index (κ2) is 9.98. The van der Waals surface area contributed by atoms with E-state index in [9.17, 15) is 10.1 Å². The third-order valence-electron chi connectivity index (χ3n) is 5.24. The van der Waals surface area contributed by atoms with Crippen LogP contribution >= 0.6 is 22.7 Å². The minimum atomic E-state index is -0.308. The van der Waals surface area contributed by atoms with Gasteiger partial charge in [0.25, 0.3) is 0 Å². The van der Waals surface area contributed by atoms with E-state index >= 15 is 0 Å². The highest BCUT2D eigenvalue weighted by Gasteiger charge is 2.26. The minimum absolute atomic E-state index is 0.308. The highest BCUT2D eigenvalue weighted by atomic mass is 32.1. The number of hydrogen-bond donors (Lipinski definition) is 1. The van der Waals surface area contributed by atoms with Gasteiger partial charge in [-0.2, -0.15) is 5.26 Å². The Morgan fingerprint density at radius 1 is 1.28 bits per heavy atom. The Kier molecular flexibility index (Phi) is 6.88. The fourth-order valence-electron chi connectivity index (χ4n) is 3.66. The van der Waals surface area contributed by atoms with Crippen molar-refractivity contribution in [3.8, 4) is 23.1 Å². The molecule has 0 fully saturated rings. The molecule has 2 heterocycles. The van der Waals surface area contributed by atoms with Gasteiger partial charge in [0.2, 0.25) is 0 Å². The van der Waals surface area contributed by atoms with Crippen LogP contribution in [0.25, 0.3) is 16.8 Å². The number of benzene rings is 1. The van der Waals surface area contributed by atoms with Crippen LogP contribution in [0.15, 0.2) is 35.8 Å². The normalized spacial score (nSPS) is 13.2. The van der Waals surface area contributed by atoms with E-state index in [1.165, 1.54) is 16.2 Å². The molecule has 8 heteroatoms. The van der Waals surface area contributed by atoms with Gasteiger partial charge in [0.15, 0.2) is 0 Å². The Hall–Kier alpha value is -3.15. The number of rotatable bonds is 7. The van der Waals surface area contributed by atoms with Crippen molar-refractivity contribution in [2.24, 2.45) is 0 Å². The number of nitrogens with one attached hydrogen (secondary N) is 1. The molecule has 0 saturated carbocycles. The molecule has 6 nitrogen and oxygen atoms in total. The number of aromatic nitrogens is 1. The van der Waals surface area contributed by atoms with E-state index in [0.717, 1.165) is 53.3 Å². The number of carbonyl (C=O) groups is 1. The fourth-order valence-corrected chi connectivity index (χ4v) is 5.70. The molecule has 1 aromatic carbocycles. The molecule has 2 aromatic heterocycles. The molecule has 0 atom stereocenters. The van der Waals surface area contributed by atoms with Crippen LogP contribution in [0.4, 0.5) is 5.00 Å². The molecule has 0 aliphatic heterocycles. The van der Waals surface area contributed by atoms with Gasteiger partial charge in [-0.25, -0.2) is 9.78 Å². The van der Waals surface area contributed by atoms with Crippen molar-refractivity contribution in [3.63, 3.8) is 0 Å². The minimum Gasteiger partial charge on any atom is -0.497 e. The fraction of sp³-hybridized carbons (Fsp3) is 0.292. The molecule has 0 bridgehead atoms. The Labute approximate surface area is 195 Å². The maximum absolute atomic E-state index is 12.6. The van der Waals surface area contributed by atoms with Crippen molar-refractivity contribution in [2.75, 3.05) is 19.0 Å². The first-order chi connectivity index (χ1) is 15.6. The lowest BCUT2D eigenvalue weighted by Gasteiger charge is -2.12. The van der Waals surface area contributed by atoms with Crippen LogP contribution < -0.4 is 10.1 Å². The lowest BCUT2D eigenvalue weighted by Crippen LogP contribution is -2.10. The van der Waals surface area contributed by atoms with Gasteiger partial charge in [-0.3, -0.25) is 0 Å². The number of thiazole rings is 1. The number of nitriles is 1. The Balaban J connectivity index is 1.60. The van der Waals surface area contributed by atoms with Gasteiger partial charge in [-0.1, -0.05) is 0 Å². The summed E-state index contributed by atoms with van der Waals surface area (Å²) >= 11 is 2.98. The maximum atomic E-state index is 12.6. The summed E-state index contributed by atoms with van der Waals surface area (Å²) in [4.78, 5) is 18.5. The highest BCUT2D eigenvalue weighted by molar-refractivity contribution is 7.16. The van der Waals surface area contributed by atoms with Gasteiger partial charge in [0.05, 0.1) is 25.0 Å². The summed E-state index contributed by atoms with van der Waals surface area (Å²) in [7, 11) is 1.63. The zero-order valence-corrected chi connectivity index (χ0v) is 19.6. The molecule has 164 valence electrons. The molecule has 1 aliphatic rings. The Morgan fingerprint density at radius 2 is 2.06 bits per heavy atom. The van der Waals surface area contributed by atoms with E-state index in [1.54, 1.807) is 31.6 Å². The molecule has 1 N–H and O–H groups in total. The predicted molar refractivity (Wildman–Crippen MR) is 128 cm³/mol. The van der Waals surface area contributed by atoms with Crippen LogP contribution in [-0.2, 0) is 17.6 Å². The summed E-state index contributed by atoms with van der Waals surface area (Å²) in [6, 6.07) is 9.86. The molecule has 0 amide bonds. The number of nitrogens with zero attached hydrogens (tertiary/aromatic N) is 2. The summed E-state index contributed by atoms with van der Waals surface area (Å²) in [5.41, 5.74) is 3.86.